The zero-order valence-electron chi connectivity index (χ0n) is 18.3. The van der Waals surface area contributed by atoms with Gasteiger partial charge in [0, 0.05) is 22.4 Å². The molecule has 1 unspecified atom stereocenters. The van der Waals surface area contributed by atoms with E-state index < -0.39 is 12.1 Å². The number of nitrogens with one attached hydrogen (secondary N) is 2. The van der Waals surface area contributed by atoms with E-state index in [1.807, 2.05) is 18.7 Å². The number of amides is 2. The number of rotatable bonds is 5. The topological polar surface area (TPSA) is 74.4 Å². The molecule has 0 spiro atoms. The minimum absolute atomic E-state index is 0.0178. The number of hydrogen-bond acceptors (Lipinski definition) is 3. The molecule has 1 fully saturated rings. The number of aromatic amines is 1. The van der Waals surface area contributed by atoms with Crippen LogP contribution in [-0.4, -0.2) is 41.6 Å². The summed E-state index contributed by atoms with van der Waals surface area (Å²) in [6, 6.07) is 7.81. The summed E-state index contributed by atoms with van der Waals surface area (Å²) in [4.78, 5) is 31.0. The van der Waals surface area contributed by atoms with Gasteiger partial charge >= 0.3 is 6.09 Å². The molecule has 1 aliphatic carbocycles. The Morgan fingerprint density at radius 2 is 1.87 bits per heavy atom. The van der Waals surface area contributed by atoms with Gasteiger partial charge in [0.2, 0.25) is 5.91 Å². The lowest BCUT2D eigenvalue weighted by molar-refractivity contribution is -0.135. The number of hydrogen-bond donors (Lipinski definition) is 2. The number of likely N-dealkylation sites (tertiary alicyclic amines) is 1. The van der Waals surface area contributed by atoms with Gasteiger partial charge in [0.15, 0.2) is 0 Å². The molecule has 0 saturated carbocycles. The van der Waals surface area contributed by atoms with E-state index in [-0.39, 0.29) is 17.9 Å². The summed E-state index contributed by atoms with van der Waals surface area (Å²) in [6.07, 6.45) is 4.58. The predicted octanol–water partition coefficient (Wildman–Crippen LogP) is 4.98. The Bertz CT molecular complexity index is 967. The lowest BCUT2D eigenvalue weighted by Crippen LogP contribution is -2.51. The minimum Gasteiger partial charge on any atom is -0.453 e. The van der Waals surface area contributed by atoms with Gasteiger partial charge in [-0.1, -0.05) is 41.9 Å². The molecule has 0 radical (unpaired) electrons. The number of H-pyrrole nitrogens is 1. The van der Waals surface area contributed by atoms with Gasteiger partial charge in [-0.05, 0) is 66.8 Å². The van der Waals surface area contributed by atoms with Gasteiger partial charge in [0.1, 0.15) is 6.04 Å². The van der Waals surface area contributed by atoms with Crippen molar-refractivity contribution >= 4 is 27.9 Å². The molecule has 1 aliphatic heterocycles. The first-order valence-electron chi connectivity index (χ1n) is 11.0. The molecule has 0 bridgehead atoms. The Labute approximate surface area is 191 Å². The molecular formula is C24H30BrN3O3. The highest BCUT2D eigenvalue weighted by Gasteiger charge is 2.39. The number of alkyl carbamates (subject to hydrolysis) is 1. The SMILES string of the molecule is COC(=O)N[C@@H](C(=O)N1CCCC1c1[nH]c(-c2ccc(Br)cc2)c2c1CCC2)C(C)C. The monoisotopic (exact) mass is 487 g/mol. The molecule has 166 valence electrons. The van der Waals surface area contributed by atoms with E-state index in [4.69, 9.17) is 4.74 Å². The van der Waals surface area contributed by atoms with Crippen LogP contribution in [0.3, 0.4) is 0 Å². The molecule has 6 nitrogen and oxygen atoms in total. The Hall–Kier alpha value is -2.28. The molecule has 1 aromatic heterocycles. The number of carbonyl (C=O) groups excluding carboxylic acids is 2. The maximum Gasteiger partial charge on any atom is 0.407 e. The summed E-state index contributed by atoms with van der Waals surface area (Å²) >= 11 is 3.52. The maximum absolute atomic E-state index is 13.5. The number of ether oxygens (including phenoxy) is 1. The van der Waals surface area contributed by atoms with Gasteiger partial charge in [0.05, 0.1) is 13.2 Å². The van der Waals surface area contributed by atoms with Crippen molar-refractivity contribution in [2.75, 3.05) is 13.7 Å². The Morgan fingerprint density at radius 3 is 2.55 bits per heavy atom. The Kier molecular flexibility index (Phi) is 6.42. The van der Waals surface area contributed by atoms with Crippen molar-refractivity contribution in [3.05, 3.63) is 45.6 Å². The summed E-state index contributed by atoms with van der Waals surface area (Å²) < 4.78 is 5.81. The first kappa shape index (κ1) is 21.9. The van der Waals surface area contributed by atoms with E-state index in [9.17, 15) is 9.59 Å². The van der Waals surface area contributed by atoms with Crippen LogP contribution in [0.15, 0.2) is 28.7 Å². The molecule has 2 heterocycles. The van der Waals surface area contributed by atoms with Crippen LogP contribution in [0.1, 0.15) is 56.0 Å². The molecule has 2 amide bonds. The number of benzene rings is 1. The summed E-state index contributed by atoms with van der Waals surface area (Å²) in [5.74, 6) is -0.0602. The van der Waals surface area contributed by atoms with E-state index in [1.54, 1.807) is 0 Å². The van der Waals surface area contributed by atoms with Crippen LogP contribution in [0.25, 0.3) is 11.3 Å². The van der Waals surface area contributed by atoms with Gasteiger partial charge < -0.3 is 19.9 Å². The molecule has 31 heavy (non-hydrogen) atoms. The van der Waals surface area contributed by atoms with Crippen LogP contribution in [-0.2, 0) is 22.4 Å². The average Bonchev–Trinajstić information content (AvgIpc) is 3.48. The first-order valence-corrected chi connectivity index (χ1v) is 11.8. The van der Waals surface area contributed by atoms with Crippen LogP contribution in [0.2, 0.25) is 0 Å². The smallest absolute Gasteiger partial charge is 0.407 e. The predicted molar refractivity (Wildman–Crippen MR) is 124 cm³/mol. The van der Waals surface area contributed by atoms with Crippen LogP contribution in [0, 0.1) is 5.92 Å². The second-order valence-electron chi connectivity index (χ2n) is 8.78. The number of halogens is 1. The molecule has 7 heteroatoms. The van der Waals surface area contributed by atoms with E-state index >= 15 is 0 Å². The molecule has 2 N–H and O–H groups in total. The van der Waals surface area contributed by atoms with Crippen molar-refractivity contribution in [1.29, 1.82) is 0 Å². The number of aromatic nitrogens is 1. The van der Waals surface area contributed by atoms with Crippen LogP contribution >= 0.6 is 15.9 Å². The van der Waals surface area contributed by atoms with Crippen molar-refractivity contribution in [3.8, 4) is 11.3 Å². The second kappa shape index (κ2) is 9.07. The maximum atomic E-state index is 13.5. The van der Waals surface area contributed by atoms with Crippen molar-refractivity contribution < 1.29 is 14.3 Å². The highest BCUT2D eigenvalue weighted by Crippen LogP contribution is 2.42. The largest absolute Gasteiger partial charge is 0.453 e. The fraction of sp³-hybridized carbons (Fsp3) is 0.500. The molecule has 2 atom stereocenters. The van der Waals surface area contributed by atoms with E-state index in [0.29, 0.717) is 6.54 Å². The third kappa shape index (κ3) is 4.25. The van der Waals surface area contributed by atoms with Crippen molar-refractivity contribution in [3.63, 3.8) is 0 Å². The zero-order valence-corrected chi connectivity index (χ0v) is 19.9. The van der Waals surface area contributed by atoms with Crippen molar-refractivity contribution in [2.24, 2.45) is 5.92 Å². The zero-order chi connectivity index (χ0) is 22.1. The number of fused-ring (bicyclic) bond motifs is 1. The van der Waals surface area contributed by atoms with Crippen LogP contribution < -0.4 is 5.32 Å². The normalized spacial score (nSPS) is 18.9. The minimum atomic E-state index is -0.595. The first-order chi connectivity index (χ1) is 14.9. The van der Waals surface area contributed by atoms with Crippen LogP contribution in [0.5, 0.6) is 0 Å². The average molecular weight is 488 g/mol. The molecular weight excluding hydrogens is 458 g/mol. The third-order valence-corrected chi connectivity index (χ3v) is 7.03. The summed E-state index contributed by atoms with van der Waals surface area (Å²) in [5, 5.41) is 2.74. The molecule has 2 aliphatic rings. The van der Waals surface area contributed by atoms with Gasteiger partial charge in [-0.25, -0.2) is 4.79 Å². The van der Waals surface area contributed by atoms with E-state index in [1.165, 1.54) is 35.2 Å². The molecule has 4 rings (SSSR count). The Morgan fingerprint density at radius 1 is 1.16 bits per heavy atom. The molecule has 2 aromatic rings. The van der Waals surface area contributed by atoms with Gasteiger partial charge in [-0.15, -0.1) is 0 Å². The van der Waals surface area contributed by atoms with Gasteiger partial charge in [-0.2, -0.15) is 0 Å². The summed E-state index contributed by atoms with van der Waals surface area (Å²) in [6.45, 7) is 4.60. The van der Waals surface area contributed by atoms with E-state index in [2.05, 4.69) is 50.5 Å². The quantitative estimate of drug-likeness (QED) is 0.624. The summed E-state index contributed by atoms with van der Waals surface area (Å²) in [7, 11) is 1.32. The van der Waals surface area contributed by atoms with Crippen molar-refractivity contribution in [1.82, 2.24) is 15.2 Å². The van der Waals surface area contributed by atoms with Gasteiger partial charge in [-0.3, -0.25) is 4.79 Å². The number of carbonyl (C=O) groups is 2. The van der Waals surface area contributed by atoms with Crippen LogP contribution in [0.4, 0.5) is 4.79 Å². The number of methoxy groups -OCH3 is 1. The second-order valence-corrected chi connectivity index (χ2v) is 9.69. The molecule has 1 saturated heterocycles. The fourth-order valence-electron chi connectivity index (χ4n) is 4.96. The van der Waals surface area contributed by atoms with Crippen molar-refractivity contribution in [2.45, 2.75) is 58.0 Å². The lowest BCUT2D eigenvalue weighted by Gasteiger charge is -2.31. The highest BCUT2D eigenvalue weighted by molar-refractivity contribution is 9.10. The third-order valence-electron chi connectivity index (χ3n) is 6.50. The summed E-state index contributed by atoms with van der Waals surface area (Å²) in [5.41, 5.74) is 6.31. The van der Waals surface area contributed by atoms with Gasteiger partial charge in [0.25, 0.3) is 0 Å². The molecule has 1 aromatic carbocycles. The number of nitrogens with zero attached hydrogens (tertiary/aromatic N) is 1. The van der Waals surface area contributed by atoms with E-state index in [0.717, 1.165) is 36.6 Å². The Balaban J connectivity index is 1.66. The lowest BCUT2D eigenvalue weighted by atomic mass is 10.0. The standard InChI is InChI=1S/C24H30BrN3O3/c1-14(2)20(27-24(30)31-3)23(29)28-13-5-8-19(28)22-18-7-4-6-17(18)21(26-22)15-9-11-16(25)12-10-15/h9-12,14,19-20,26H,4-8,13H2,1-3H3,(H,27,30)/t19?,20-/m1/s1. The fourth-order valence-corrected chi connectivity index (χ4v) is 5.22. The highest BCUT2D eigenvalue weighted by atomic mass is 79.9.